The maximum absolute atomic E-state index is 13.8. The van der Waals surface area contributed by atoms with Gasteiger partial charge in [-0.1, -0.05) is 12.1 Å². The molecule has 1 aromatic heterocycles. The molecule has 0 radical (unpaired) electrons. The molecule has 41 heavy (non-hydrogen) atoms. The summed E-state index contributed by atoms with van der Waals surface area (Å²) in [5.41, 5.74) is -1.34. The van der Waals surface area contributed by atoms with E-state index in [4.69, 9.17) is 9.47 Å². The van der Waals surface area contributed by atoms with Crippen LogP contribution in [-0.4, -0.2) is 82.8 Å². The summed E-state index contributed by atoms with van der Waals surface area (Å²) >= 11 is 0. The molecule has 1 N–H and O–H groups in total. The van der Waals surface area contributed by atoms with Crippen LogP contribution in [0.15, 0.2) is 53.8 Å². The number of hydrazone groups is 1. The Bertz CT molecular complexity index is 1300. The SMILES string of the molecule is CC(C)(C)OC(=O)N[C@H](COc1cccc(F)c1)C(=O)N1CCC2=NN(CC(F)F)C(=O)[C@]2(Cc2ccccn2)C1. The van der Waals surface area contributed by atoms with E-state index in [1.165, 1.54) is 23.1 Å². The van der Waals surface area contributed by atoms with Crippen LogP contribution in [-0.2, 0) is 20.7 Å². The van der Waals surface area contributed by atoms with Crippen LogP contribution in [0.25, 0.3) is 0 Å². The zero-order valence-electron chi connectivity index (χ0n) is 23.0. The number of piperidine rings is 1. The number of amides is 3. The molecule has 2 aliphatic rings. The number of likely N-dealkylation sites (tertiary alicyclic amines) is 1. The van der Waals surface area contributed by atoms with Gasteiger partial charge in [-0.2, -0.15) is 5.10 Å². The van der Waals surface area contributed by atoms with Crippen molar-refractivity contribution in [3.05, 3.63) is 60.2 Å². The first-order chi connectivity index (χ1) is 19.4. The average molecular weight is 576 g/mol. The van der Waals surface area contributed by atoms with Crippen LogP contribution in [0.3, 0.4) is 0 Å². The van der Waals surface area contributed by atoms with Gasteiger partial charge in [0, 0.05) is 43.9 Å². The number of hydrogen-bond donors (Lipinski definition) is 1. The Morgan fingerprint density at radius 1 is 1.17 bits per heavy atom. The number of carbonyl (C=O) groups is 3. The van der Waals surface area contributed by atoms with E-state index in [0.29, 0.717) is 11.4 Å². The van der Waals surface area contributed by atoms with Gasteiger partial charge >= 0.3 is 6.09 Å². The quantitative estimate of drug-likeness (QED) is 0.491. The smallest absolute Gasteiger partial charge is 0.408 e. The third-order valence-corrected chi connectivity index (χ3v) is 6.55. The third kappa shape index (κ3) is 7.33. The Hall–Kier alpha value is -4.16. The molecule has 3 amide bonds. The molecule has 1 fully saturated rings. The maximum atomic E-state index is 13.8. The summed E-state index contributed by atoms with van der Waals surface area (Å²) in [4.78, 5) is 45.7. The van der Waals surface area contributed by atoms with Crippen molar-refractivity contribution < 1.29 is 37.0 Å². The van der Waals surface area contributed by atoms with E-state index < -0.39 is 53.8 Å². The fourth-order valence-electron chi connectivity index (χ4n) is 4.82. The molecular formula is C28H32F3N5O5. The van der Waals surface area contributed by atoms with Crippen LogP contribution in [0.1, 0.15) is 32.9 Å². The lowest BCUT2D eigenvalue weighted by Gasteiger charge is -2.40. The van der Waals surface area contributed by atoms with Crippen molar-refractivity contribution in [1.82, 2.24) is 20.2 Å². The van der Waals surface area contributed by atoms with Crippen molar-refractivity contribution >= 4 is 23.6 Å². The number of ether oxygens (including phenoxy) is 2. The van der Waals surface area contributed by atoms with Crippen LogP contribution < -0.4 is 10.1 Å². The minimum Gasteiger partial charge on any atom is -0.491 e. The van der Waals surface area contributed by atoms with E-state index in [2.05, 4.69) is 15.4 Å². The van der Waals surface area contributed by atoms with Gasteiger partial charge in [-0.25, -0.2) is 23.0 Å². The Labute approximate surface area is 235 Å². The first-order valence-electron chi connectivity index (χ1n) is 13.1. The number of fused-ring (bicyclic) bond motifs is 1. The first kappa shape index (κ1) is 29.8. The molecule has 3 heterocycles. The molecule has 2 aliphatic heterocycles. The Balaban J connectivity index is 1.60. The van der Waals surface area contributed by atoms with Crippen molar-refractivity contribution in [2.45, 2.75) is 51.7 Å². The molecule has 220 valence electrons. The highest BCUT2D eigenvalue weighted by Crippen LogP contribution is 2.38. The Kier molecular flexibility index (Phi) is 8.83. The second-order valence-corrected chi connectivity index (χ2v) is 10.9. The van der Waals surface area contributed by atoms with Gasteiger partial charge in [0.15, 0.2) is 0 Å². The number of alkyl carbamates (subject to hydrolysis) is 1. The summed E-state index contributed by atoms with van der Waals surface area (Å²) in [6.45, 7) is 3.70. The molecule has 0 saturated carbocycles. The zero-order valence-corrected chi connectivity index (χ0v) is 23.0. The van der Waals surface area contributed by atoms with E-state index in [1.807, 2.05) is 0 Å². The largest absolute Gasteiger partial charge is 0.491 e. The van der Waals surface area contributed by atoms with E-state index >= 15 is 0 Å². The highest BCUT2D eigenvalue weighted by Gasteiger charge is 2.55. The monoisotopic (exact) mass is 575 g/mol. The highest BCUT2D eigenvalue weighted by molar-refractivity contribution is 6.13. The van der Waals surface area contributed by atoms with Crippen LogP contribution in [0.4, 0.5) is 18.0 Å². The van der Waals surface area contributed by atoms with Gasteiger partial charge in [0.2, 0.25) is 5.91 Å². The Morgan fingerprint density at radius 2 is 1.95 bits per heavy atom. The number of rotatable bonds is 9. The lowest BCUT2D eigenvalue weighted by molar-refractivity contribution is -0.143. The van der Waals surface area contributed by atoms with Gasteiger partial charge in [-0.3, -0.25) is 14.6 Å². The third-order valence-electron chi connectivity index (χ3n) is 6.55. The van der Waals surface area contributed by atoms with Gasteiger partial charge < -0.3 is 19.7 Å². The molecule has 1 saturated heterocycles. The lowest BCUT2D eigenvalue weighted by Crippen LogP contribution is -2.60. The van der Waals surface area contributed by atoms with Crippen molar-refractivity contribution in [3.63, 3.8) is 0 Å². The lowest BCUT2D eigenvalue weighted by atomic mass is 9.74. The molecule has 10 nitrogen and oxygen atoms in total. The van der Waals surface area contributed by atoms with E-state index in [0.717, 1.165) is 11.1 Å². The normalized spacial score (nSPS) is 19.5. The molecule has 4 rings (SSSR count). The molecule has 0 aliphatic carbocycles. The number of nitrogens with one attached hydrogen (secondary N) is 1. The predicted molar refractivity (Wildman–Crippen MR) is 142 cm³/mol. The van der Waals surface area contributed by atoms with Crippen molar-refractivity contribution in [2.24, 2.45) is 10.5 Å². The Morgan fingerprint density at radius 3 is 2.61 bits per heavy atom. The van der Waals surface area contributed by atoms with Crippen molar-refractivity contribution in [1.29, 1.82) is 0 Å². The number of carbonyl (C=O) groups excluding carboxylic acids is 3. The molecule has 13 heteroatoms. The van der Waals surface area contributed by atoms with Gasteiger partial charge in [0.25, 0.3) is 12.3 Å². The topological polar surface area (TPSA) is 113 Å². The molecule has 0 bridgehead atoms. The van der Waals surface area contributed by atoms with E-state index in [-0.39, 0.29) is 38.3 Å². The fraction of sp³-hybridized carbons (Fsp3) is 0.464. The summed E-state index contributed by atoms with van der Waals surface area (Å²) in [6, 6.07) is 9.18. The number of hydrogen-bond acceptors (Lipinski definition) is 7. The predicted octanol–water partition coefficient (Wildman–Crippen LogP) is 3.42. The number of halogens is 3. The summed E-state index contributed by atoms with van der Waals surface area (Å²) in [7, 11) is 0. The fourth-order valence-corrected chi connectivity index (χ4v) is 4.82. The van der Waals surface area contributed by atoms with E-state index in [1.54, 1.807) is 45.2 Å². The molecule has 1 aromatic carbocycles. The van der Waals surface area contributed by atoms with Gasteiger partial charge in [-0.05, 0) is 45.0 Å². The minimum atomic E-state index is -2.80. The first-order valence-corrected chi connectivity index (χ1v) is 13.1. The average Bonchev–Trinajstić information content (AvgIpc) is 3.15. The number of benzene rings is 1. The number of alkyl halides is 2. The molecular weight excluding hydrogens is 543 g/mol. The summed E-state index contributed by atoms with van der Waals surface area (Å²) in [5.74, 6) is -1.64. The summed E-state index contributed by atoms with van der Waals surface area (Å²) < 4.78 is 51.2. The molecule has 2 aromatic rings. The molecule has 0 unspecified atom stereocenters. The van der Waals surface area contributed by atoms with Crippen LogP contribution >= 0.6 is 0 Å². The van der Waals surface area contributed by atoms with Crippen molar-refractivity contribution in [3.8, 4) is 5.75 Å². The number of aromatic nitrogens is 1. The van der Waals surface area contributed by atoms with Gasteiger partial charge in [-0.15, -0.1) is 0 Å². The standard InChI is InChI=1S/C28H32F3N5O5/c1-27(2,3)41-26(39)33-21(16-40-20-9-6-7-18(29)13-20)24(37)35-12-10-22-28(17-35,14-19-8-4-5-11-32-19)25(38)36(34-22)15-23(30)31/h4-9,11,13,21,23H,10,12,14-17H2,1-3H3,(H,33,39)/t21-,28-/m1/s1. The highest BCUT2D eigenvalue weighted by atomic mass is 19.3. The summed E-state index contributed by atoms with van der Waals surface area (Å²) in [6.07, 6.45) is -1.93. The van der Waals surface area contributed by atoms with Gasteiger partial charge in [0.1, 0.15) is 41.8 Å². The van der Waals surface area contributed by atoms with Crippen LogP contribution in [0.5, 0.6) is 5.75 Å². The number of pyridine rings is 1. The maximum Gasteiger partial charge on any atom is 0.408 e. The second kappa shape index (κ2) is 12.1. The van der Waals surface area contributed by atoms with E-state index in [9.17, 15) is 27.6 Å². The zero-order chi connectivity index (χ0) is 29.8. The number of nitrogens with zero attached hydrogens (tertiary/aromatic N) is 4. The van der Waals surface area contributed by atoms with Crippen molar-refractivity contribution in [2.75, 3.05) is 26.2 Å². The second-order valence-electron chi connectivity index (χ2n) is 10.9. The molecule has 0 spiro atoms. The summed E-state index contributed by atoms with van der Waals surface area (Å²) in [5, 5.41) is 7.50. The van der Waals surface area contributed by atoms with Gasteiger partial charge in [0.05, 0.1) is 5.71 Å². The minimum absolute atomic E-state index is 0.0407. The van der Waals surface area contributed by atoms with Crippen LogP contribution in [0, 0.1) is 11.2 Å². The molecule has 2 atom stereocenters. The van der Waals surface area contributed by atoms with Crippen LogP contribution in [0.2, 0.25) is 0 Å².